The summed E-state index contributed by atoms with van der Waals surface area (Å²) in [4.78, 5) is 0. The summed E-state index contributed by atoms with van der Waals surface area (Å²) in [5.74, 6) is 0.826. The third-order valence-electron chi connectivity index (χ3n) is 4.40. The number of hydrogen-bond donors (Lipinski definition) is 0. The van der Waals surface area contributed by atoms with E-state index in [0.29, 0.717) is 5.41 Å². The van der Waals surface area contributed by atoms with E-state index in [1.165, 1.54) is 70.6 Å². The summed E-state index contributed by atoms with van der Waals surface area (Å²) in [6, 6.07) is 0. The third kappa shape index (κ3) is 6.43. The smallest absolute Gasteiger partial charge is 0.0471 e. The first-order valence-corrected chi connectivity index (χ1v) is 8.50. The highest BCUT2D eigenvalue weighted by Gasteiger charge is 2.30. The Bertz CT molecular complexity index is 188. The Kier molecular flexibility index (Phi) is 9.14. The minimum atomic E-state index is 0.405. The van der Waals surface area contributed by atoms with Crippen molar-refractivity contribution in [1.29, 1.82) is 0 Å². The zero-order valence-corrected chi connectivity index (χ0v) is 12.9. The van der Waals surface area contributed by atoms with Crippen molar-refractivity contribution in [2.45, 2.75) is 77.6 Å². The number of rotatable bonds is 10. The minimum absolute atomic E-state index is 0.405. The van der Waals surface area contributed by atoms with E-state index in [4.69, 9.17) is 16.3 Å². The van der Waals surface area contributed by atoms with Gasteiger partial charge in [0.25, 0.3) is 0 Å². The number of alkyl halides is 1. The van der Waals surface area contributed by atoms with Crippen LogP contribution in [0.4, 0.5) is 0 Å². The highest BCUT2D eigenvalue weighted by molar-refractivity contribution is 6.18. The van der Waals surface area contributed by atoms with Crippen molar-refractivity contribution in [2.75, 3.05) is 19.1 Å². The maximum absolute atomic E-state index is 6.18. The SMILES string of the molecule is CCCCCCCCCCC1(CCl)CCOCC1. The minimum Gasteiger partial charge on any atom is -0.381 e. The van der Waals surface area contributed by atoms with Crippen molar-refractivity contribution >= 4 is 11.6 Å². The average Bonchev–Trinajstić information content (AvgIpc) is 2.43. The Morgan fingerprint density at radius 1 is 0.889 bits per heavy atom. The van der Waals surface area contributed by atoms with Crippen molar-refractivity contribution in [3.05, 3.63) is 0 Å². The van der Waals surface area contributed by atoms with Crippen LogP contribution in [0.3, 0.4) is 0 Å². The van der Waals surface area contributed by atoms with Gasteiger partial charge in [-0.15, -0.1) is 11.6 Å². The molecule has 2 heteroatoms. The molecule has 0 atom stereocenters. The van der Waals surface area contributed by atoms with Crippen molar-refractivity contribution in [1.82, 2.24) is 0 Å². The van der Waals surface area contributed by atoms with Crippen molar-refractivity contribution in [2.24, 2.45) is 5.41 Å². The molecule has 0 unspecified atom stereocenters. The molecule has 0 aromatic heterocycles. The van der Waals surface area contributed by atoms with Crippen LogP contribution in [0.25, 0.3) is 0 Å². The van der Waals surface area contributed by atoms with Gasteiger partial charge in [-0.25, -0.2) is 0 Å². The maximum Gasteiger partial charge on any atom is 0.0471 e. The van der Waals surface area contributed by atoms with Gasteiger partial charge in [-0.2, -0.15) is 0 Å². The van der Waals surface area contributed by atoms with E-state index < -0.39 is 0 Å². The zero-order chi connectivity index (χ0) is 13.1. The summed E-state index contributed by atoms with van der Waals surface area (Å²) < 4.78 is 5.45. The molecule has 1 aliphatic rings. The second kappa shape index (κ2) is 10.1. The molecule has 0 aromatic carbocycles. The lowest BCUT2D eigenvalue weighted by atomic mass is 9.77. The predicted octanol–water partition coefficient (Wildman–Crippen LogP) is 5.55. The monoisotopic (exact) mass is 274 g/mol. The standard InChI is InChI=1S/C16H31ClO/c1-2-3-4-5-6-7-8-9-10-16(15-17)11-13-18-14-12-16/h2-15H2,1H3. The molecule has 0 bridgehead atoms. The molecule has 0 amide bonds. The first-order chi connectivity index (χ1) is 8.83. The van der Waals surface area contributed by atoms with E-state index in [1.54, 1.807) is 0 Å². The lowest BCUT2D eigenvalue weighted by Gasteiger charge is -2.35. The molecule has 1 saturated heterocycles. The van der Waals surface area contributed by atoms with Crippen LogP contribution in [0.5, 0.6) is 0 Å². The van der Waals surface area contributed by atoms with Gasteiger partial charge in [-0.1, -0.05) is 58.3 Å². The average molecular weight is 275 g/mol. The van der Waals surface area contributed by atoms with Crippen LogP contribution < -0.4 is 0 Å². The summed E-state index contributed by atoms with van der Waals surface area (Å²) in [6.07, 6.45) is 14.9. The predicted molar refractivity (Wildman–Crippen MR) is 80.4 cm³/mol. The van der Waals surface area contributed by atoms with Gasteiger partial charge >= 0.3 is 0 Å². The highest BCUT2D eigenvalue weighted by atomic mass is 35.5. The summed E-state index contributed by atoms with van der Waals surface area (Å²) >= 11 is 6.18. The molecule has 0 N–H and O–H groups in total. The fraction of sp³-hybridized carbons (Fsp3) is 1.00. The second-order valence-electron chi connectivity index (χ2n) is 5.97. The molecule has 0 aromatic rings. The lowest BCUT2D eigenvalue weighted by molar-refractivity contribution is 0.0203. The summed E-state index contributed by atoms with van der Waals surface area (Å²) in [6.45, 7) is 4.12. The van der Waals surface area contributed by atoms with Gasteiger partial charge in [-0.05, 0) is 24.7 Å². The van der Waals surface area contributed by atoms with Crippen molar-refractivity contribution < 1.29 is 4.74 Å². The number of unbranched alkanes of at least 4 members (excludes halogenated alkanes) is 7. The van der Waals surface area contributed by atoms with E-state index in [1.807, 2.05) is 0 Å². The number of hydrogen-bond acceptors (Lipinski definition) is 1. The Hall–Kier alpha value is 0.250. The van der Waals surface area contributed by atoms with Crippen molar-refractivity contribution in [3.8, 4) is 0 Å². The van der Waals surface area contributed by atoms with Gasteiger partial charge < -0.3 is 4.74 Å². The van der Waals surface area contributed by atoms with Crippen LogP contribution in [-0.4, -0.2) is 19.1 Å². The van der Waals surface area contributed by atoms with Gasteiger partial charge in [0.05, 0.1) is 0 Å². The summed E-state index contributed by atoms with van der Waals surface area (Å²) in [7, 11) is 0. The topological polar surface area (TPSA) is 9.23 Å². The molecule has 1 rings (SSSR count). The molecular formula is C16H31ClO. The molecule has 1 heterocycles. The van der Waals surface area contributed by atoms with Crippen LogP contribution in [0.1, 0.15) is 77.6 Å². The first kappa shape index (κ1) is 16.3. The molecule has 0 spiro atoms. The van der Waals surface area contributed by atoms with Crippen LogP contribution in [-0.2, 0) is 4.74 Å². The second-order valence-corrected chi connectivity index (χ2v) is 6.24. The molecule has 0 radical (unpaired) electrons. The Morgan fingerprint density at radius 3 is 2.00 bits per heavy atom. The van der Waals surface area contributed by atoms with E-state index in [9.17, 15) is 0 Å². The van der Waals surface area contributed by atoms with Gasteiger partial charge in [0, 0.05) is 19.1 Å². The van der Waals surface area contributed by atoms with Gasteiger partial charge in [0.2, 0.25) is 0 Å². The van der Waals surface area contributed by atoms with Gasteiger partial charge in [-0.3, -0.25) is 0 Å². The largest absolute Gasteiger partial charge is 0.381 e. The zero-order valence-electron chi connectivity index (χ0n) is 12.2. The van der Waals surface area contributed by atoms with Gasteiger partial charge in [0.15, 0.2) is 0 Å². The lowest BCUT2D eigenvalue weighted by Crippen LogP contribution is -2.31. The molecule has 18 heavy (non-hydrogen) atoms. The summed E-state index contributed by atoms with van der Waals surface area (Å²) in [5.41, 5.74) is 0.405. The van der Waals surface area contributed by atoms with Crippen LogP contribution in [0.15, 0.2) is 0 Å². The molecule has 108 valence electrons. The van der Waals surface area contributed by atoms with E-state index in [0.717, 1.165) is 19.1 Å². The van der Waals surface area contributed by atoms with E-state index >= 15 is 0 Å². The van der Waals surface area contributed by atoms with Crippen LogP contribution in [0.2, 0.25) is 0 Å². The van der Waals surface area contributed by atoms with Crippen LogP contribution >= 0.6 is 11.6 Å². The van der Waals surface area contributed by atoms with Gasteiger partial charge in [0.1, 0.15) is 0 Å². The summed E-state index contributed by atoms with van der Waals surface area (Å²) in [5, 5.41) is 0. The normalized spacial score (nSPS) is 19.0. The fourth-order valence-electron chi connectivity index (χ4n) is 2.89. The van der Waals surface area contributed by atoms with Crippen molar-refractivity contribution in [3.63, 3.8) is 0 Å². The van der Waals surface area contributed by atoms with E-state index in [2.05, 4.69) is 6.92 Å². The quantitative estimate of drug-likeness (QED) is 0.375. The Balaban J connectivity index is 1.98. The van der Waals surface area contributed by atoms with Crippen LogP contribution in [0, 0.1) is 5.41 Å². The number of ether oxygens (including phenoxy) is 1. The molecule has 0 saturated carbocycles. The molecular weight excluding hydrogens is 244 g/mol. The third-order valence-corrected chi connectivity index (χ3v) is 4.96. The number of halogens is 1. The molecule has 1 nitrogen and oxygen atoms in total. The fourth-order valence-corrected chi connectivity index (χ4v) is 3.29. The molecule has 0 aliphatic carbocycles. The Morgan fingerprint density at radius 2 is 1.44 bits per heavy atom. The highest BCUT2D eigenvalue weighted by Crippen LogP contribution is 2.37. The molecule has 1 aliphatic heterocycles. The van der Waals surface area contributed by atoms with E-state index in [-0.39, 0.29) is 0 Å². The Labute approximate surface area is 119 Å². The maximum atomic E-state index is 6.18. The first-order valence-electron chi connectivity index (χ1n) is 7.97. The molecule has 1 fully saturated rings.